The van der Waals surface area contributed by atoms with E-state index in [0.29, 0.717) is 11.1 Å². The lowest BCUT2D eigenvalue weighted by Gasteiger charge is -2.13. The Bertz CT molecular complexity index is 1000. The summed E-state index contributed by atoms with van der Waals surface area (Å²) in [5, 5.41) is 5.10. The van der Waals surface area contributed by atoms with Crippen molar-refractivity contribution in [1.29, 1.82) is 0 Å². The van der Waals surface area contributed by atoms with Gasteiger partial charge in [-0.25, -0.2) is 0 Å². The molecule has 1 heterocycles. The number of rotatable bonds is 8. The molecule has 1 aliphatic heterocycles. The quantitative estimate of drug-likeness (QED) is 0.481. The van der Waals surface area contributed by atoms with Crippen molar-refractivity contribution < 1.29 is 32.3 Å². The number of carbonyl (C=O) groups is 4. The molecular formula is C22H20F3N3O4. The van der Waals surface area contributed by atoms with Crippen LogP contribution < -0.4 is 10.6 Å². The molecule has 168 valence electrons. The third-order valence-electron chi connectivity index (χ3n) is 4.87. The van der Waals surface area contributed by atoms with E-state index in [2.05, 4.69) is 10.6 Å². The van der Waals surface area contributed by atoms with Crippen LogP contribution in [0.3, 0.4) is 0 Å². The Morgan fingerprint density at radius 3 is 1.97 bits per heavy atom. The second-order valence-corrected chi connectivity index (χ2v) is 7.09. The van der Waals surface area contributed by atoms with E-state index < -0.39 is 17.6 Å². The summed E-state index contributed by atoms with van der Waals surface area (Å²) in [6.45, 7) is 0.326. The molecule has 0 saturated carbocycles. The standard InChI is InChI=1S/C22H20F3N3O4/c23-22(24,25)15-9-7-14(8-10-15)19(30)27-12-11-26-18(29)6-3-13-28-20(31)16-4-1-2-5-17(16)21(28)32/h1-2,4-5,7-10H,3,6,11-13H2,(H,26,29)(H,27,30). The first-order valence-corrected chi connectivity index (χ1v) is 9.86. The van der Waals surface area contributed by atoms with Crippen LogP contribution in [0.1, 0.15) is 49.5 Å². The van der Waals surface area contributed by atoms with Gasteiger partial charge in [0.25, 0.3) is 17.7 Å². The van der Waals surface area contributed by atoms with Crippen LogP contribution in [-0.2, 0) is 11.0 Å². The number of benzene rings is 2. The van der Waals surface area contributed by atoms with Gasteiger partial charge < -0.3 is 10.6 Å². The van der Waals surface area contributed by atoms with Crippen molar-refractivity contribution in [2.75, 3.05) is 19.6 Å². The fourth-order valence-corrected chi connectivity index (χ4v) is 3.22. The highest BCUT2D eigenvalue weighted by Crippen LogP contribution is 2.29. The van der Waals surface area contributed by atoms with Gasteiger partial charge in [0.1, 0.15) is 0 Å². The summed E-state index contributed by atoms with van der Waals surface area (Å²) in [4.78, 5) is 49.5. The third-order valence-corrected chi connectivity index (χ3v) is 4.87. The van der Waals surface area contributed by atoms with Crippen LogP contribution >= 0.6 is 0 Å². The second kappa shape index (κ2) is 9.63. The summed E-state index contributed by atoms with van der Waals surface area (Å²) in [5.74, 6) is -1.63. The van der Waals surface area contributed by atoms with Crippen LogP contribution in [0.15, 0.2) is 48.5 Å². The molecule has 2 N–H and O–H groups in total. The van der Waals surface area contributed by atoms with Gasteiger partial charge in [0, 0.05) is 31.6 Å². The number of nitrogens with zero attached hydrogens (tertiary/aromatic N) is 1. The minimum atomic E-state index is -4.47. The van der Waals surface area contributed by atoms with E-state index in [1.54, 1.807) is 24.3 Å². The first-order valence-electron chi connectivity index (χ1n) is 9.86. The molecule has 3 rings (SSSR count). The van der Waals surface area contributed by atoms with Crippen molar-refractivity contribution in [1.82, 2.24) is 15.5 Å². The highest BCUT2D eigenvalue weighted by Gasteiger charge is 2.34. The van der Waals surface area contributed by atoms with Gasteiger partial charge >= 0.3 is 6.18 Å². The Hall–Kier alpha value is -3.69. The molecular weight excluding hydrogens is 427 g/mol. The van der Waals surface area contributed by atoms with Crippen LogP contribution in [0.5, 0.6) is 0 Å². The second-order valence-electron chi connectivity index (χ2n) is 7.09. The van der Waals surface area contributed by atoms with Gasteiger partial charge in [0.2, 0.25) is 5.91 Å². The molecule has 0 spiro atoms. The Labute approximate surface area is 181 Å². The average Bonchev–Trinajstić information content (AvgIpc) is 3.01. The number of amides is 4. The molecule has 0 aromatic heterocycles. The van der Waals surface area contributed by atoms with Crippen molar-refractivity contribution in [3.05, 3.63) is 70.8 Å². The normalized spacial score (nSPS) is 13.2. The van der Waals surface area contributed by atoms with Gasteiger partial charge in [-0.3, -0.25) is 24.1 Å². The van der Waals surface area contributed by atoms with Crippen LogP contribution in [0.2, 0.25) is 0 Å². The Kier molecular flexibility index (Phi) is 6.92. The number of hydrogen-bond acceptors (Lipinski definition) is 4. The molecule has 10 heteroatoms. The molecule has 4 amide bonds. The molecule has 0 fully saturated rings. The Morgan fingerprint density at radius 2 is 1.41 bits per heavy atom. The summed E-state index contributed by atoms with van der Waals surface area (Å²) in [7, 11) is 0. The summed E-state index contributed by atoms with van der Waals surface area (Å²) < 4.78 is 37.6. The molecule has 2 aromatic carbocycles. The number of fused-ring (bicyclic) bond motifs is 1. The number of hydrogen-bond donors (Lipinski definition) is 2. The summed E-state index contributed by atoms with van der Waals surface area (Å²) in [6.07, 6.45) is -4.10. The predicted octanol–water partition coefficient (Wildman–Crippen LogP) is 2.63. The minimum Gasteiger partial charge on any atom is -0.354 e. The number of nitrogens with one attached hydrogen (secondary N) is 2. The van der Waals surface area contributed by atoms with E-state index in [9.17, 15) is 32.3 Å². The zero-order valence-corrected chi connectivity index (χ0v) is 16.9. The molecule has 7 nitrogen and oxygen atoms in total. The molecule has 0 radical (unpaired) electrons. The van der Waals surface area contributed by atoms with E-state index in [1.165, 1.54) is 0 Å². The fraction of sp³-hybridized carbons (Fsp3) is 0.273. The van der Waals surface area contributed by atoms with Gasteiger partial charge in [-0.1, -0.05) is 12.1 Å². The first kappa shape index (κ1) is 23.0. The van der Waals surface area contributed by atoms with E-state index >= 15 is 0 Å². The zero-order valence-electron chi connectivity index (χ0n) is 16.9. The molecule has 1 aliphatic rings. The van der Waals surface area contributed by atoms with Crippen molar-refractivity contribution in [2.24, 2.45) is 0 Å². The molecule has 0 bridgehead atoms. The highest BCUT2D eigenvalue weighted by molar-refractivity contribution is 6.21. The van der Waals surface area contributed by atoms with Crippen LogP contribution in [0.4, 0.5) is 13.2 Å². The average molecular weight is 447 g/mol. The molecule has 32 heavy (non-hydrogen) atoms. The number of carbonyl (C=O) groups excluding carboxylic acids is 4. The monoisotopic (exact) mass is 447 g/mol. The molecule has 2 aromatic rings. The van der Waals surface area contributed by atoms with Crippen molar-refractivity contribution in [3.63, 3.8) is 0 Å². The molecule has 0 atom stereocenters. The van der Waals surface area contributed by atoms with Gasteiger partial charge in [-0.05, 0) is 42.8 Å². The lowest BCUT2D eigenvalue weighted by atomic mass is 10.1. The van der Waals surface area contributed by atoms with Gasteiger partial charge in [0.15, 0.2) is 0 Å². The van der Waals surface area contributed by atoms with Gasteiger partial charge in [-0.2, -0.15) is 13.2 Å². The van der Waals surface area contributed by atoms with Crippen molar-refractivity contribution in [2.45, 2.75) is 19.0 Å². The lowest BCUT2D eigenvalue weighted by molar-refractivity contribution is -0.137. The maximum absolute atomic E-state index is 12.5. The minimum absolute atomic E-state index is 0.0743. The zero-order chi connectivity index (χ0) is 23.3. The van der Waals surface area contributed by atoms with Crippen LogP contribution in [-0.4, -0.2) is 48.2 Å². The lowest BCUT2D eigenvalue weighted by Crippen LogP contribution is -2.35. The maximum atomic E-state index is 12.5. The number of halogens is 3. The smallest absolute Gasteiger partial charge is 0.354 e. The number of imide groups is 1. The van der Waals surface area contributed by atoms with E-state index in [4.69, 9.17) is 0 Å². The maximum Gasteiger partial charge on any atom is 0.416 e. The molecule has 0 unspecified atom stereocenters. The van der Waals surface area contributed by atoms with Crippen LogP contribution in [0.25, 0.3) is 0 Å². The van der Waals surface area contributed by atoms with Crippen molar-refractivity contribution in [3.8, 4) is 0 Å². The Morgan fingerprint density at radius 1 is 0.844 bits per heavy atom. The first-order chi connectivity index (χ1) is 15.2. The van der Waals surface area contributed by atoms with E-state index in [1.807, 2.05) is 0 Å². The fourth-order valence-electron chi connectivity index (χ4n) is 3.22. The summed E-state index contributed by atoms with van der Waals surface area (Å²) in [6, 6.07) is 10.3. The summed E-state index contributed by atoms with van der Waals surface area (Å²) >= 11 is 0. The molecule has 0 saturated heterocycles. The van der Waals surface area contributed by atoms with E-state index in [0.717, 1.165) is 29.2 Å². The third kappa shape index (κ3) is 5.32. The van der Waals surface area contributed by atoms with Crippen LogP contribution in [0, 0.1) is 0 Å². The molecule has 0 aliphatic carbocycles. The topological polar surface area (TPSA) is 95.6 Å². The number of alkyl halides is 3. The highest BCUT2D eigenvalue weighted by atomic mass is 19.4. The van der Waals surface area contributed by atoms with Gasteiger partial charge in [0.05, 0.1) is 16.7 Å². The summed E-state index contributed by atoms with van der Waals surface area (Å²) in [5.41, 5.74) is -0.0655. The van der Waals surface area contributed by atoms with Gasteiger partial charge in [-0.15, -0.1) is 0 Å². The SMILES string of the molecule is O=C(CCCN1C(=O)c2ccccc2C1=O)NCCNC(=O)c1ccc(C(F)(F)F)cc1. The van der Waals surface area contributed by atoms with Crippen molar-refractivity contribution >= 4 is 23.6 Å². The Balaban J connectivity index is 1.34. The predicted molar refractivity (Wildman–Crippen MR) is 108 cm³/mol. The van der Waals surface area contributed by atoms with E-state index in [-0.39, 0.29) is 55.8 Å². The largest absolute Gasteiger partial charge is 0.416 e.